The van der Waals surface area contributed by atoms with Gasteiger partial charge in [0.25, 0.3) is 0 Å². The second-order valence-corrected chi connectivity index (χ2v) is 9.11. The number of hydrogen-bond acceptors (Lipinski definition) is 1. The van der Waals surface area contributed by atoms with Crippen LogP contribution in [0.3, 0.4) is 0 Å². The predicted octanol–water partition coefficient (Wildman–Crippen LogP) is 5.50. The molecule has 0 aliphatic heterocycles. The molecule has 25 heavy (non-hydrogen) atoms. The van der Waals surface area contributed by atoms with Crippen LogP contribution < -0.4 is 10.6 Å². The van der Waals surface area contributed by atoms with E-state index in [1.807, 2.05) is 6.07 Å². The predicted molar refractivity (Wildman–Crippen MR) is 105 cm³/mol. The van der Waals surface area contributed by atoms with E-state index in [2.05, 4.69) is 17.6 Å². The molecule has 0 aromatic heterocycles. The fourth-order valence-corrected chi connectivity index (χ4v) is 6.56. The van der Waals surface area contributed by atoms with Gasteiger partial charge in [-0.15, -0.1) is 0 Å². The summed E-state index contributed by atoms with van der Waals surface area (Å²) in [5.41, 5.74) is 0.868. The van der Waals surface area contributed by atoms with Crippen LogP contribution in [0.15, 0.2) is 24.3 Å². The van der Waals surface area contributed by atoms with E-state index in [0.29, 0.717) is 22.3 Å². The highest BCUT2D eigenvalue weighted by molar-refractivity contribution is 7.80. The van der Waals surface area contributed by atoms with Gasteiger partial charge in [0.2, 0.25) is 0 Å². The first-order valence-corrected chi connectivity index (χ1v) is 10.3. The quantitative estimate of drug-likeness (QED) is 0.678. The molecule has 0 radical (unpaired) electrons. The number of hydrogen-bond donors (Lipinski definition) is 2. The minimum Gasteiger partial charge on any atom is -0.359 e. The van der Waals surface area contributed by atoms with Gasteiger partial charge >= 0.3 is 0 Å². The van der Waals surface area contributed by atoms with Crippen LogP contribution in [0, 0.1) is 29.0 Å². The molecule has 4 bridgehead atoms. The first kappa shape index (κ1) is 17.3. The smallest absolute Gasteiger partial charge is 0.171 e. The molecule has 0 heterocycles. The van der Waals surface area contributed by atoms with E-state index in [-0.39, 0.29) is 5.82 Å². The molecule has 4 saturated carbocycles. The van der Waals surface area contributed by atoms with Crippen molar-refractivity contribution in [3.05, 3.63) is 30.1 Å². The van der Waals surface area contributed by atoms with E-state index >= 15 is 0 Å². The van der Waals surface area contributed by atoms with E-state index in [4.69, 9.17) is 12.2 Å². The van der Waals surface area contributed by atoms with Gasteiger partial charge in [-0.3, -0.25) is 0 Å². The van der Waals surface area contributed by atoms with Crippen LogP contribution >= 0.6 is 12.2 Å². The second-order valence-electron chi connectivity index (χ2n) is 8.70. The van der Waals surface area contributed by atoms with Crippen LogP contribution in [-0.4, -0.2) is 11.2 Å². The highest BCUT2D eigenvalue weighted by Gasteiger charge is 2.54. The van der Waals surface area contributed by atoms with E-state index in [1.165, 1.54) is 44.6 Å². The van der Waals surface area contributed by atoms with Crippen LogP contribution in [0.5, 0.6) is 0 Å². The topological polar surface area (TPSA) is 24.1 Å². The van der Waals surface area contributed by atoms with E-state index in [0.717, 1.165) is 30.6 Å². The Labute approximate surface area is 156 Å². The summed E-state index contributed by atoms with van der Waals surface area (Å²) in [6.07, 6.45) is 10.7. The van der Waals surface area contributed by atoms with Gasteiger partial charge in [-0.1, -0.05) is 25.5 Å². The summed E-state index contributed by atoms with van der Waals surface area (Å²) in [4.78, 5) is 0. The van der Waals surface area contributed by atoms with E-state index in [1.54, 1.807) is 12.1 Å². The first-order valence-electron chi connectivity index (χ1n) is 9.90. The van der Waals surface area contributed by atoms with Crippen molar-refractivity contribution in [2.24, 2.45) is 23.2 Å². The molecule has 0 saturated heterocycles. The molecule has 0 amide bonds. The van der Waals surface area contributed by atoms with Crippen molar-refractivity contribution in [2.75, 3.05) is 5.32 Å². The van der Waals surface area contributed by atoms with Gasteiger partial charge in [0, 0.05) is 6.04 Å². The Hall–Kier alpha value is -1.16. The maximum atomic E-state index is 13.9. The zero-order chi connectivity index (χ0) is 17.4. The van der Waals surface area contributed by atoms with Gasteiger partial charge in [0.15, 0.2) is 5.11 Å². The Bertz CT molecular complexity index is 609. The van der Waals surface area contributed by atoms with Crippen molar-refractivity contribution in [3.63, 3.8) is 0 Å². The van der Waals surface area contributed by atoms with Crippen LogP contribution in [0.4, 0.5) is 10.1 Å². The molecule has 2 nitrogen and oxygen atoms in total. The molecule has 136 valence electrons. The second kappa shape index (κ2) is 6.86. The zero-order valence-electron chi connectivity index (χ0n) is 15.1. The van der Waals surface area contributed by atoms with Crippen LogP contribution in [0.1, 0.15) is 58.3 Å². The Morgan fingerprint density at radius 1 is 1.16 bits per heavy atom. The lowest BCUT2D eigenvalue weighted by Crippen LogP contribution is -2.57. The first-order chi connectivity index (χ1) is 12.1. The highest BCUT2D eigenvalue weighted by Crippen LogP contribution is 2.61. The minimum atomic E-state index is -0.256. The Kier molecular flexibility index (Phi) is 4.74. The number of rotatable bonds is 5. The molecular formula is C21H29FN2S. The Morgan fingerprint density at radius 2 is 1.76 bits per heavy atom. The number of benzene rings is 1. The minimum absolute atomic E-state index is 0.256. The molecule has 2 N–H and O–H groups in total. The summed E-state index contributed by atoms with van der Waals surface area (Å²) in [6, 6.07) is 7.15. The van der Waals surface area contributed by atoms with E-state index in [9.17, 15) is 4.39 Å². The van der Waals surface area contributed by atoms with Crippen molar-refractivity contribution in [3.8, 4) is 0 Å². The fraction of sp³-hybridized carbons (Fsp3) is 0.667. The largest absolute Gasteiger partial charge is 0.359 e. The lowest BCUT2D eigenvalue weighted by atomic mass is 9.47. The maximum absolute atomic E-state index is 13.9. The lowest BCUT2D eigenvalue weighted by molar-refractivity contribution is -0.0718. The standard InChI is InChI=1S/C21H29FN2S/c1-2-5-19(24-20(25)23-18-7-4-3-6-17(18)22)21-11-14-8-15(12-21)10-16(9-14)13-21/h3-4,6-7,14-16,19H,2,5,8-13H2,1H3,(H2,23,24,25). The van der Waals surface area contributed by atoms with Crippen LogP contribution in [0.2, 0.25) is 0 Å². The van der Waals surface area contributed by atoms with Crippen molar-refractivity contribution < 1.29 is 4.39 Å². The van der Waals surface area contributed by atoms with Gasteiger partial charge < -0.3 is 10.6 Å². The molecule has 1 unspecified atom stereocenters. The number of para-hydroxylation sites is 1. The maximum Gasteiger partial charge on any atom is 0.171 e. The summed E-state index contributed by atoms with van der Waals surface area (Å²) in [5, 5.41) is 7.25. The molecule has 5 rings (SSSR count). The Balaban J connectivity index is 1.48. The molecule has 1 aromatic rings. The Morgan fingerprint density at radius 3 is 2.32 bits per heavy atom. The lowest BCUT2D eigenvalue weighted by Gasteiger charge is -2.59. The molecule has 4 aliphatic rings. The number of anilines is 1. The van der Waals surface area contributed by atoms with Crippen molar-refractivity contribution >= 4 is 23.0 Å². The van der Waals surface area contributed by atoms with Gasteiger partial charge in [0.1, 0.15) is 5.82 Å². The number of halogens is 1. The third kappa shape index (κ3) is 3.42. The van der Waals surface area contributed by atoms with Crippen LogP contribution in [-0.2, 0) is 0 Å². The van der Waals surface area contributed by atoms with Gasteiger partial charge in [-0.2, -0.15) is 0 Å². The summed E-state index contributed by atoms with van der Waals surface area (Å²) < 4.78 is 13.9. The average Bonchev–Trinajstić information content (AvgIpc) is 2.55. The molecule has 1 atom stereocenters. The highest BCUT2D eigenvalue weighted by atomic mass is 32.1. The fourth-order valence-electron chi connectivity index (χ4n) is 6.30. The number of thiocarbonyl (C=S) groups is 1. The van der Waals surface area contributed by atoms with Crippen LogP contribution in [0.25, 0.3) is 0 Å². The van der Waals surface area contributed by atoms with E-state index < -0.39 is 0 Å². The van der Waals surface area contributed by atoms with Gasteiger partial charge in [0.05, 0.1) is 5.69 Å². The van der Waals surface area contributed by atoms with Gasteiger partial charge in [-0.05, 0) is 92.5 Å². The molecule has 4 fully saturated rings. The van der Waals surface area contributed by atoms with Crippen molar-refractivity contribution in [1.82, 2.24) is 5.32 Å². The number of nitrogens with one attached hydrogen (secondary N) is 2. The molecule has 1 aromatic carbocycles. The molecule has 0 spiro atoms. The zero-order valence-corrected chi connectivity index (χ0v) is 15.9. The monoisotopic (exact) mass is 360 g/mol. The SMILES string of the molecule is CCCC(NC(=S)Nc1ccccc1F)C12CC3CC(CC(C3)C1)C2. The van der Waals surface area contributed by atoms with Gasteiger partial charge in [-0.25, -0.2) is 4.39 Å². The van der Waals surface area contributed by atoms with Crippen molar-refractivity contribution in [2.45, 2.75) is 64.3 Å². The average molecular weight is 361 g/mol. The molecule has 4 aliphatic carbocycles. The summed E-state index contributed by atoms with van der Waals surface area (Å²) >= 11 is 5.55. The molecule has 4 heteroatoms. The summed E-state index contributed by atoms with van der Waals surface area (Å²) in [5.74, 6) is 2.54. The summed E-state index contributed by atoms with van der Waals surface area (Å²) in [6.45, 7) is 2.25. The third-order valence-corrected chi connectivity index (χ3v) is 7.05. The molecular weight excluding hydrogens is 331 g/mol. The third-order valence-electron chi connectivity index (χ3n) is 6.83. The normalized spacial score (nSPS) is 33.9. The van der Waals surface area contributed by atoms with Crippen molar-refractivity contribution in [1.29, 1.82) is 0 Å². The summed E-state index contributed by atoms with van der Waals surface area (Å²) in [7, 11) is 0.